The molecule has 1 aliphatic heterocycles. The summed E-state index contributed by atoms with van der Waals surface area (Å²) < 4.78 is 14.1. The van der Waals surface area contributed by atoms with Crippen molar-refractivity contribution in [2.75, 3.05) is 26.3 Å². The fraction of sp³-hybridized carbons (Fsp3) is 0.464. The number of nitrogens with zero attached hydrogens (tertiary/aromatic N) is 3. The van der Waals surface area contributed by atoms with E-state index in [9.17, 15) is 5.11 Å². The second-order valence-corrected chi connectivity index (χ2v) is 9.34. The van der Waals surface area contributed by atoms with Crippen LogP contribution in [0, 0.1) is 6.92 Å². The van der Waals surface area contributed by atoms with Crippen molar-refractivity contribution in [2.45, 2.75) is 58.2 Å². The summed E-state index contributed by atoms with van der Waals surface area (Å²) in [7, 11) is 0. The van der Waals surface area contributed by atoms with Gasteiger partial charge >= 0.3 is 0 Å². The van der Waals surface area contributed by atoms with Crippen molar-refractivity contribution >= 4 is 0 Å². The summed E-state index contributed by atoms with van der Waals surface area (Å²) in [4.78, 5) is 6.78. The van der Waals surface area contributed by atoms with Crippen LogP contribution in [0.4, 0.5) is 0 Å². The van der Waals surface area contributed by atoms with E-state index in [1.165, 1.54) is 11.1 Å². The predicted octanol–water partition coefficient (Wildman–Crippen LogP) is 4.63. The van der Waals surface area contributed by atoms with Crippen molar-refractivity contribution in [2.24, 2.45) is 0 Å². The zero-order valence-corrected chi connectivity index (χ0v) is 20.4. The van der Waals surface area contributed by atoms with Crippen LogP contribution in [0.2, 0.25) is 0 Å². The molecule has 6 heteroatoms. The van der Waals surface area contributed by atoms with Crippen molar-refractivity contribution in [3.05, 3.63) is 77.9 Å². The summed E-state index contributed by atoms with van der Waals surface area (Å²) in [5.74, 6) is 2.80. The largest absolute Gasteiger partial charge is 0.492 e. The van der Waals surface area contributed by atoms with Crippen LogP contribution in [0.1, 0.15) is 43.1 Å². The molecule has 4 rings (SSSR count). The quantitative estimate of drug-likeness (QED) is 0.475. The third-order valence-corrected chi connectivity index (χ3v) is 6.56. The lowest BCUT2D eigenvalue weighted by Gasteiger charge is -2.27. The number of imidazole rings is 1. The van der Waals surface area contributed by atoms with Crippen molar-refractivity contribution in [3.63, 3.8) is 0 Å². The third kappa shape index (κ3) is 6.84. The number of aryl methyl sites for hydroxylation is 2. The van der Waals surface area contributed by atoms with Gasteiger partial charge in [0.15, 0.2) is 0 Å². The molecule has 0 aliphatic carbocycles. The lowest BCUT2D eigenvalue weighted by molar-refractivity contribution is -0.0168. The van der Waals surface area contributed by atoms with Gasteiger partial charge in [0.25, 0.3) is 0 Å². The van der Waals surface area contributed by atoms with Gasteiger partial charge in [-0.1, -0.05) is 36.8 Å². The van der Waals surface area contributed by atoms with Gasteiger partial charge in [-0.05, 0) is 62.6 Å². The van der Waals surface area contributed by atoms with Crippen LogP contribution in [-0.2, 0) is 19.5 Å². The van der Waals surface area contributed by atoms with E-state index in [2.05, 4.69) is 46.5 Å². The molecule has 1 fully saturated rings. The number of ether oxygens (including phenoxy) is 2. The Morgan fingerprint density at radius 2 is 1.88 bits per heavy atom. The first-order valence-electron chi connectivity index (χ1n) is 12.4. The Labute approximate surface area is 203 Å². The number of likely N-dealkylation sites (tertiary alicyclic amines) is 1. The normalized spacial score (nSPS) is 19.0. The van der Waals surface area contributed by atoms with E-state index in [-0.39, 0.29) is 0 Å². The predicted molar refractivity (Wildman–Crippen MR) is 134 cm³/mol. The van der Waals surface area contributed by atoms with Gasteiger partial charge in [0.1, 0.15) is 30.5 Å². The number of hydrogen-bond donors (Lipinski definition) is 1. The maximum atomic E-state index is 11.1. The van der Waals surface area contributed by atoms with E-state index < -0.39 is 5.60 Å². The Kier molecular flexibility index (Phi) is 8.25. The van der Waals surface area contributed by atoms with Crippen LogP contribution in [0.15, 0.2) is 60.9 Å². The first-order valence-corrected chi connectivity index (χ1v) is 12.4. The van der Waals surface area contributed by atoms with Gasteiger partial charge in [-0.2, -0.15) is 0 Å². The lowest BCUT2D eigenvalue weighted by atomic mass is 9.96. The molecule has 0 amide bonds. The Balaban J connectivity index is 1.25. The molecule has 182 valence electrons. The fourth-order valence-electron chi connectivity index (χ4n) is 4.50. The van der Waals surface area contributed by atoms with Crippen molar-refractivity contribution in [3.8, 4) is 11.5 Å². The highest BCUT2D eigenvalue weighted by atomic mass is 16.5. The number of benzene rings is 2. The van der Waals surface area contributed by atoms with Crippen LogP contribution < -0.4 is 9.47 Å². The minimum atomic E-state index is -0.782. The standard InChI is InChI=1S/C28H37N3O3/c1-3-27-29-14-17-31(27)18-19-33-26-7-4-6-24(20-26)21-30-15-5-12-28(32,13-16-30)22-34-25-10-8-23(2)9-11-25/h4,6-11,14,17,20,32H,3,5,12-13,15-16,18-19,21-22H2,1-2H3. The first-order chi connectivity index (χ1) is 16.5. The minimum Gasteiger partial charge on any atom is -0.492 e. The molecule has 2 heterocycles. The number of hydrogen-bond acceptors (Lipinski definition) is 5. The van der Waals surface area contributed by atoms with Gasteiger partial charge in [0.2, 0.25) is 0 Å². The van der Waals surface area contributed by atoms with Crippen LogP contribution in [0.25, 0.3) is 0 Å². The summed E-state index contributed by atoms with van der Waals surface area (Å²) >= 11 is 0. The summed E-state index contributed by atoms with van der Waals surface area (Å²) in [6.07, 6.45) is 7.19. The summed E-state index contributed by atoms with van der Waals surface area (Å²) in [5, 5.41) is 11.1. The Morgan fingerprint density at radius 3 is 2.71 bits per heavy atom. The van der Waals surface area contributed by atoms with Gasteiger partial charge < -0.3 is 19.1 Å². The average Bonchev–Trinajstić information content (AvgIpc) is 3.22. The fourth-order valence-corrected chi connectivity index (χ4v) is 4.50. The van der Waals surface area contributed by atoms with Gasteiger partial charge in [-0.25, -0.2) is 4.98 Å². The van der Waals surface area contributed by atoms with Gasteiger partial charge in [0, 0.05) is 31.9 Å². The summed E-state index contributed by atoms with van der Waals surface area (Å²) in [6, 6.07) is 16.4. The van der Waals surface area contributed by atoms with E-state index in [1.54, 1.807) is 0 Å². The molecule has 3 aromatic rings. The second-order valence-electron chi connectivity index (χ2n) is 9.34. The molecule has 1 unspecified atom stereocenters. The molecular formula is C28H37N3O3. The third-order valence-electron chi connectivity index (χ3n) is 6.56. The minimum absolute atomic E-state index is 0.337. The molecular weight excluding hydrogens is 426 g/mol. The smallest absolute Gasteiger partial charge is 0.119 e. The van der Waals surface area contributed by atoms with Crippen LogP contribution in [0.3, 0.4) is 0 Å². The zero-order valence-electron chi connectivity index (χ0n) is 20.4. The number of aromatic nitrogens is 2. The van der Waals surface area contributed by atoms with Crippen molar-refractivity contribution < 1.29 is 14.6 Å². The summed E-state index contributed by atoms with van der Waals surface area (Å²) in [6.45, 7) is 8.59. The highest BCUT2D eigenvalue weighted by molar-refractivity contribution is 5.28. The molecule has 0 radical (unpaired) electrons. The molecule has 34 heavy (non-hydrogen) atoms. The monoisotopic (exact) mass is 463 g/mol. The van der Waals surface area contributed by atoms with Gasteiger partial charge in [-0.3, -0.25) is 4.90 Å². The molecule has 0 saturated carbocycles. The van der Waals surface area contributed by atoms with Crippen LogP contribution in [-0.4, -0.2) is 51.5 Å². The molecule has 1 aromatic heterocycles. The molecule has 0 spiro atoms. The lowest BCUT2D eigenvalue weighted by Crippen LogP contribution is -2.37. The molecule has 2 aromatic carbocycles. The Morgan fingerprint density at radius 1 is 1.03 bits per heavy atom. The van der Waals surface area contributed by atoms with Gasteiger partial charge in [0.05, 0.1) is 12.1 Å². The van der Waals surface area contributed by atoms with Gasteiger partial charge in [-0.15, -0.1) is 0 Å². The second kappa shape index (κ2) is 11.5. The molecule has 1 saturated heterocycles. The topological polar surface area (TPSA) is 59.8 Å². The van der Waals surface area contributed by atoms with Crippen LogP contribution >= 0.6 is 0 Å². The molecule has 0 bridgehead atoms. The van der Waals surface area contributed by atoms with E-state index in [1.807, 2.05) is 42.7 Å². The molecule has 1 atom stereocenters. The van der Waals surface area contributed by atoms with E-state index in [0.29, 0.717) is 19.6 Å². The number of aliphatic hydroxyl groups is 1. The first kappa shape index (κ1) is 24.3. The van der Waals surface area contributed by atoms with E-state index in [0.717, 1.165) is 62.8 Å². The Bertz CT molecular complexity index is 1030. The summed E-state index contributed by atoms with van der Waals surface area (Å²) in [5.41, 5.74) is 1.65. The van der Waals surface area contributed by atoms with Crippen molar-refractivity contribution in [1.82, 2.24) is 14.5 Å². The molecule has 1 aliphatic rings. The highest BCUT2D eigenvalue weighted by Gasteiger charge is 2.31. The van der Waals surface area contributed by atoms with E-state index in [4.69, 9.17) is 9.47 Å². The van der Waals surface area contributed by atoms with Crippen molar-refractivity contribution in [1.29, 1.82) is 0 Å². The average molecular weight is 464 g/mol. The maximum Gasteiger partial charge on any atom is 0.119 e. The van der Waals surface area contributed by atoms with E-state index >= 15 is 0 Å². The number of rotatable bonds is 10. The SMILES string of the molecule is CCc1nccn1CCOc1cccc(CN2CCCC(O)(COc3ccc(C)cc3)CC2)c1. The molecule has 1 N–H and O–H groups in total. The maximum absolute atomic E-state index is 11.1. The van der Waals surface area contributed by atoms with Crippen LogP contribution in [0.5, 0.6) is 11.5 Å². The Hall–Kier alpha value is -2.83. The zero-order chi connectivity index (χ0) is 23.8. The highest BCUT2D eigenvalue weighted by Crippen LogP contribution is 2.25. The molecule has 6 nitrogen and oxygen atoms in total.